The molecule has 0 unspecified atom stereocenters. The molecule has 0 aliphatic rings. The number of anilines is 1. The van der Waals surface area contributed by atoms with E-state index in [1.807, 2.05) is 6.92 Å². The highest BCUT2D eigenvalue weighted by atomic mass is 32.2. The molecule has 3 rings (SSSR count). The van der Waals surface area contributed by atoms with Crippen molar-refractivity contribution in [1.82, 2.24) is 19.3 Å². The Kier molecular flexibility index (Phi) is 5.54. The SMILES string of the molecule is CCCn1c(N)c(C(=O)CSc2nnc(-c3ccoc3C)o2)c(=O)n(C)c1=O. The lowest BCUT2D eigenvalue weighted by Crippen LogP contribution is -2.42. The summed E-state index contributed by atoms with van der Waals surface area (Å²) < 4.78 is 12.8. The van der Waals surface area contributed by atoms with Crippen LogP contribution in [-0.4, -0.2) is 30.9 Å². The van der Waals surface area contributed by atoms with Gasteiger partial charge in [-0.3, -0.25) is 18.7 Å². The van der Waals surface area contributed by atoms with E-state index >= 15 is 0 Å². The van der Waals surface area contributed by atoms with Gasteiger partial charge in [0.15, 0.2) is 5.78 Å². The third-order valence-corrected chi connectivity index (χ3v) is 4.95. The Morgan fingerprint density at radius 3 is 2.71 bits per heavy atom. The van der Waals surface area contributed by atoms with Crippen LogP contribution in [0.5, 0.6) is 0 Å². The minimum Gasteiger partial charge on any atom is -0.469 e. The van der Waals surface area contributed by atoms with Crippen LogP contribution in [0.4, 0.5) is 5.82 Å². The van der Waals surface area contributed by atoms with Crippen molar-refractivity contribution in [2.75, 3.05) is 11.5 Å². The highest BCUT2D eigenvalue weighted by Crippen LogP contribution is 2.26. The summed E-state index contributed by atoms with van der Waals surface area (Å²) in [6.45, 7) is 3.94. The summed E-state index contributed by atoms with van der Waals surface area (Å²) in [5, 5.41) is 7.98. The summed E-state index contributed by atoms with van der Waals surface area (Å²) in [5.41, 5.74) is 5.13. The molecule has 0 aliphatic heterocycles. The molecule has 11 heteroatoms. The summed E-state index contributed by atoms with van der Waals surface area (Å²) in [7, 11) is 1.32. The zero-order chi connectivity index (χ0) is 20.4. The Balaban J connectivity index is 1.83. The predicted molar refractivity (Wildman–Crippen MR) is 102 cm³/mol. The van der Waals surface area contributed by atoms with Gasteiger partial charge in [0, 0.05) is 13.6 Å². The molecule has 10 nitrogen and oxygen atoms in total. The van der Waals surface area contributed by atoms with Crippen molar-refractivity contribution in [3.8, 4) is 11.5 Å². The molecule has 0 aliphatic carbocycles. The van der Waals surface area contributed by atoms with Gasteiger partial charge in [0.25, 0.3) is 16.7 Å². The van der Waals surface area contributed by atoms with E-state index in [1.165, 1.54) is 17.9 Å². The number of nitrogens with zero attached hydrogens (tertiary/aromatic N) is 4. The van der Waals surface area contributed by atoms with E-state index in [0.29, 0.717) is 24.3 Å². The molecule has 148 valence electrons. The van der Waals surface area contributed by atoms with Crippen molar-refractivity contribution >= 4 is 23.4 Å². The average Bonchev–Trinajstić information content (AvgIpc) is 3.30. The van der Waals surface area contributed by atoms with Crippen molar-refractivity contribution in [1.29, 1.82) is 0 Å². The molecule has 0 spiro atoms. The highest BCUT2D eigenvalue weighted by Gasteiger charge is 2.22. The van der Waals surface area contributed by atoms with Crippen LogP contribution >= 0.6 is 11.8 Å². The maximum atomic E-state index is 12.6. The molecule has 2 N–H and O–H groups in total. The molecule has 0 saturated heterocycles. The fourth-order valence-corrected chi connectivity index (χ4v) is 3.30. The van der Waals surface area contributed by atoms with Gasteiger partial charge in [0.1, 0.15) is 17.1 Å². The van der Waals surface area contributed by atoms with Gasteiger partial charge in [0.05, 0.1) is 17.6 Å². The number of Topliss-reactive ketones (excluding diaryl/α,β-unsaturated/α-hetero) is 1. The molecule has 0 saturated carbocycles. The summed E-state index contributed by atoms with van der Waals surface area (Å²) in [5.74, 6) is 0.113. The van der Waals surface area contributed by atoms with Crippen molar-refractivity contribution in [3.63, 3.8) is 0 Å². The minimum absolute atomic E-state index is 0.124. The molecule has 0 atom stereocenters. The molecular formula is C17H19N5O5S. The van der Waals surface area contributed by atoms with Gasteiger partial charge in [0.2, 0.25) is 0 Å². The Labute approximate surface area is 163 Å². The minimum atomic E-state index is -0.722. The monoisotopic (exact) mass is 405 g/mol. The summed E-state index contributed by atoms with van der Waals surface area (Å²) in [4.78, 5) is 37.2. The zero-order valence-electron chi connectivity index (χ0n) is 15.6. The first-order valence-electron chi connectivity index (χ1n) is 8.48. The van der Waals surface area contributed by atoms with Crippen molar-refractivity contribution < 1.29 is 13.6 Å². The van der Waals surface area contributed by atoms with E-state index in [1.54, 1.807) is 13.0 Å². The lowest BCUT2D eigenvalue weighted by molar-refractivity contribution is 0.102. The average molecular weight is 405 g/mol. The Morgan fingerprint density at radius 2 is 2.07 bits per heavy atom. The number of carbonyl (C=O) groups is 1. The third kappa shape index (κ3) is 3.52. The van der Waals surface area contributed by atoms with E-state index in [-0.39, 0.29) is 28.2 Å². The number of nitrogen functional groups attached to an aromatic ring is 1. The first-order chi connectivity index (χ1) is 13.3. The zero-order valence-corrected chi connectivity index (χ0v) is 16.4. The van der Waals surface area contributed by atoms with Crippen molar-refractivity contribution in [2.45, 2.75) is 32.0 Å². The summed E-state index contributed by atoms with van der Waals surface area (Å²) in [6, 6.07) is 1.70. The molecule has 3 heterocycles. The second-order valence-corrected chi connectivity index (χ2v) is 6.96. The molecule has 0 bridgehead atoms. The lowest BCUT2D eigenvalue weighted by atomic mass is 10.2. The topological polar surface area (TPSA) is 139 Å². The number of aryl methyl sites for hydroxylation is 1. The lowest BCUT2D eigenvalue weighted by Gasteiger charge is -2.13. The van der Waals surface area contributed by atoms with Crippen LogP contribution in [0, 0.1) is 6.92 Å². The van der Waals surface area contributed by atoms with Crippen LogP contribution in [0.1, 0.15) is 29.5 Å². The molecule has 28 heavy (non-hydrogen) atoms. The van der Waals surface area contributed by atoms with Gasteiger partial charge >= 0.3 is 5.69 Å². The van der Waals surface area contributed by atoms with Crippen molar-refractivity contribution in [3.05, 3.63) is 44.5 Å². The highest BCUT2D eigenvalue weighted by molar-refractivity contribution is 7.99. The number of rotatable bonds is 7. The first-order valence-corrected chi connectivity index (χ1v) is 9.47. The summed E-state index contributed by atoms with van der Waals surface area (Å²) in [6.07, 6.45) is 2.14. The first kappa shape index (κ1) is 19.7. The Morgan fingerprint density at radius 1 is 1.32 bits per heavy atom. The Bertz CT molecular complexity index is 1140. The standard InChI is InChI=1S/C17H19N5O5S/c1-4-6-22-13(18)12(15(24)21(3)17(22)25)11(23)8-28-16-20-19-14(27-16)10-5-7-26-9(10)2/h5,7H,4,6,8,18H2,1-3H3. The maximum Gasteiger partial charge on any atom is 0.332 e. The van der Waals surface area contributed by atoms with Crippen LogP contribution in [0.2, 0.25) is 0 Å². The van der Waals surface area contributed by atoms with E-state index in [2.05, 4.69) is 10.2 Å². The maximum absolute atomic E-state index is 12.6. The predicted octanol–water partition coefficient (Wildman–Crippen LogP) is 1.47. The quantitative estimate of drug-likeness (QED) is 0.457. The number of hydrogen-bond acceptors (Lipinski definition) is 9. The van der Waals surface area contributed by atoms with Gasteiger partial charge in [-0.25, -0.2) is 4.79 Å². The van der Waals surface area contributed by atoms with Gasteiger partial charge in [-0.2, -0.15) is 0 Å². The van der Waals surface area contributed by atoms with E-state index < -0.39 is 17.0 Å². The molecule has 0 radical (unpaired) electrons. The van der Waals surface area contributed by atoms with E-state index in [0.717, 1.165) is 16.3 Å². The molecular weight excluding hydrogens is 386 g/mol. The fraction of sp³-hybridized carbons (Fsp3) is 0.353. The van der Waals surface area contributed by atoms with Crippen LogP contribution in [-0.2, 0) is 13.6 Å². The largest absolute Gasteiger partial charge is 0.469 e. The van der Waals surface area contributed by atoms with Gasteiger partial charge in [-0.1, -0.05) is 18.7 Å². The van der Waals surface area contributed by atoms with Crippen LogP contribution in [0.25, 0.3) is 11.5 Å². The molecule has 3 aromatic rings. The van der Waals surface area contributed by atoms with E-state index in [9.17, 15) is 14.4 Å². The van der Waals surface area contributed by atoms with Crippen LogP contribution < -0.4 is 17.0 Å². The third-order valence-electron chi connectivity index (χ3n) is 4.13. The van der Waals surface area contributed by atoms with Gasteiger partial charge < -0.3 is 14.6 Å². The second kappa shape index (κ2) is 7.89. The molecule has 0 aromatic carbocycles. The fourth-order valence-electron chi connectivity index (χ4n) is 2.67. The number of furan rings is 1. The molecule has 3 aromatic heterocycles. The van der Waals surface area contributed by atoms with E-state index in [4.69, 9.17) is 14.6 Å². The molecule has 0 fully saturated rings. The number of thioether (sulfide) groups is 1. The van der Waals surface area contributed by atoms with Crippen molar-refractivity contribution in [2.24, 2.45) is 7.05 Å². The number of nitrogens with two attached hydrogens (primary N) is 1. The Hall–Kier alpha value is -3.08. The number of carbonyl (C=O) groups excluding carboxylic acids is 1. The number of ketones is 1. The van der Waals surface area contributed by atoms with Gasteiger partial charge in [-0.15, -0.1) is 10.2 Å². The van der Waals surface area contributed by atoms with Crippen LogP contribution in [0.15, 0.2) is 36.0 Å². The second-order valence-electron chi connectivity index (χ2n) is 6.03. The van der Waals surface area contributed by atoms with Gasteiger partial charge in [-0.05, 0) is 19.4 Å². The smallest absolute Gasteiger partial charge is 0.332 e. The number of aromatic nitrogens is 4. The van der Waals surface area contributed by atoms with Crippen LogP contribution in [0.3, 0.4) is 0 Å². The molecule has 0 amide bonds. The summed E-state index contributed by atoms with van der Waals surface area (Å²) >= 11 is 0.982. The number of hydrogen-bond donors (Lipinski definition) is 1. The normalized spacial score (nSPS) is 11.1.